The van der Waals surface area contributed by atoms with Crippen LogP contribution in [-0.2, 0) is 0 Å². The van der Waals surface area contributed by atoms with Gasteiger partial charge in [0, 0.05) is 27.6 Å². The second kappa shape index (κ2) is 12.6. The molecule has 0 unspecified atom stereocenters. The molecule has 0 amide bonds. The lowest BCUT2D eigenvalue weighted by molar-refractivity contribution is 1.10. The molecule has 0 saturated carbocycles. The molecular formula is C52H33N3. The van der Waals surface area contributed by atoms with Crippen molar-refractivity contribution in [3.8, 4) is 50.6 Å². The molecule has 0 radical (unpaired) electrons. The van der Waals surface area contributed by atoms with Crippen LogP contribution in [0.15, 0.2) is 200 Å². The Labute approximate surface area is 318 Å². The highest BCUT2D eigenvalue weighted by Gasteiger charge is 2.19. The summed E-state index contributed by atoms with van der Waals surface area (Å²) in [5.74, 6) is 0.911. The Morgan fingerprint density at radius 2 is 0.891 bits per heavy atom. The zero-order valence-electron chi connectivity index (χ0n) is 29.9. The number of fused-ring (bicyclic) bond motifs is 6. The molecule has 0 fully saturated rings. The fraction of sp³-hybridized carbons (Fsp3) is 0. The zero-order valence-corrected chi connectivity index (χ0v) is 29.9. The number of hydrogen-bond acceptors (Lipinski definition) is 2. The third-order valence-corrected chi connectivity index (χ3v) is 11.0. The molecule has 55 heavy (non-hydrogen) atoms. The summed E-state index contributed by atoms with van der Waals surface area (Å²) in [6.45, 7) is 0. The number of pyridine rings is 1. The minimum atomic E-state index is 0.911. The van der Waals surface area contributed by atoms with E-state index in [1.165, 1.54) is 49.2 Å². The van der Waals surface area contributed by atoms with Crippen molar-refractivity contribution < 1.29 is 0 Å². The molecule has 0 atom stereocenters. The van der Waals surface area contributed by atoms with Crippen LogP contribution in [0.3, 0.4) is 0 Å². The molecule has 3 heteroatoms. The van der Waals surface area contributed by atoms with Gasteiger partial charge in [-0.3, -0.25) is 4.57 Å². The maximum atomic E-state index is 5.52. The first-order valence-corrected chi connectivity index (χ1v) is 18.7. The molecule has 0 aliphatic carbocycles. The van der Waals surface area contributed by atoms with Crippen molar-refractivity contribution in [2.45, 2.75) is 0 Å². The molecule has 3 nitrogen and oxygen atoms in total. The van der Waals surface area contributed by atoms with Gasteiger partial charge >= 0.3 is 0 Å². The van der Waals surface area contributed by atoms with Crippen LogP contribution in [0.1, 0.15) is 0 Å². The van der Waals surface area contributed by atoms with E-state index in [9.17, 15) is 0 Å². The van der Waals surface area contributed by atoms with Crippen LogP contribution >= 0.6 is 0 Å². The molecule has 0 bridgehead atoms. The van der Waals surface area contributed by atoms with E-state index in [4.69, 9.17) is 9.97 Å². The number of para-hydroxylation sites is 3. The molecule has 256 valence electrons. The zero-order chi connectivity index (χ0) is 36.3. The summed E-state index contributed by atoms with van der Waals surface area (Å²) in [7, 11) is 0. The third kappa shape index (κ3) is 5.13. The average molecular weight is 700 g/mol. The summed E-state index contributed by atoms with van der Waals surface area (Å²) in [6.07, 6.45) is 0. The second-order valence-corrected chi connectivity index (χ2v) is 14.1. The van der Waals surface area contributed by atoms with Gasteiger partial charge in [-0.25, -0.2) is 9.97 Å². The van der Waals surface area contributed by atoms with E-state index in [1.54, 1.807) is 0 Å². The van der Waals surface area contributed by atoms with Crippen molar-refractivity contribution in [1.29, 1.82) is 0 Å². The standard InChI is InChI=1S/C52H33N3/c1-2-18-38(19-3-1)55-50-27-11-10-26-48(50)54-52(55)37-30-28-36(29-31-37)49-33-46(42-25-13-17-35-15-5-7-21-40(35)42)47-32-45(43-22-8-9-23-44(43)51(47)53-49)41-24-12-16-34-14-4-6-20-39(34)41/h1-33H. The number of rotatable bonds is 5. The van der Waals surface area contributed by atoms with Crippen LogP contribution in [0.5, 0.6) is 0 Å². The Kier molecular flexibility index (Phi) is 7.17. The van der Waals surface area contributed by atoms with Gasteiger partial charge in [0.25, 0.3) is 0 Å². The molecule has 0 aliphatic rings. The van der Waals surface area contributed by atoms with Gasteiger partial charge in [0.05, 0.1) is 22.2 Å². The van der Waals surface area contributed by atoms with Crippen molar-refractivity contribution in [1.82, 2.24) is 14.5 Å². The van der Waals surface area contributed by atoms with Crippen LogP contribution < -0.4 is 0 Å². The third-order valence-electron chi connectivity index (χ3n) is 11.0. The number of aromatic nitrogens is 3. The van der Waals surface area contributed by atoms with Gasteiger partial charge in [0.1, 0.15) is 5.82 Å². The summed E-state index contributed by atoms with van der Waals surface area (Å²) in [4.78, 5) is 10.6. The molecule has 9 aromatic carbocycles. The van der Waals surface area contributed by atoms with Crippen molar-refractivity contribution >= 4 is 54.3 Å². The van der Waals surface area contributed by atoms with Crippen LogP contribution in [0, 0.1) is 0 Å². The van der Waals surface area contributed by atoms with E-state index >= 15 is 0 Å². The average Bonchev–Trinajstić information content (AvgIpc) is 3.65. The van der Waals surface area contributed by atoms with Gasteiger partial charge < -0.3 is 0 Å². The lowest BCUT2D eigenvalue weighted by Crippen LogP contribution is -1.97. The first-order chi connectivity index (χ1) is 27.3. The van der Waals surface area contributed by atoms with Crippen LogP contribution in [-0.4, -0.2) is 14.5 Å². The highest BCUT2D eigenvalue weighted by molar-refractivity contribution is 6.19. The molecule has 11 rings (SSSR count). The van der Waals surface area contributed by atoms with E-state index in [2.05, 4.69) is 193 Å². The van der Waals surface area contributed by atoms with Gasteiger partial charge in [-0.1, -0.05) is 164 Å². The van der Waals surface area contributed by atoms with E-state index < -0.39 is 0 Å². The Balaban J connectivity index is 1.15. The molecule has 0 N–H and O–H groups in total. The van der Waals surface area contributed by atoms with Crippen molar-refractivity contribution in [3.63, 3.8) is 0 Å². The van der Waals surface area contributed by atoms with Gasteiger partial charge in [0.15, 0.2) is 0 Å². The molecule has 11 aromatic rings. The van der Waals surface area contributed by atoms with Crippen LogP contribution in [0.25, 0.3) is 105 Å². The van der Waals surface area contributed by atoms with E-state index in [0.717, 1.165) is 55.7 Å². The molecule has 0 saturated heterocycles. The summed E-state index contributed by atoms with van der Waals surface area (Å²) in [6, 6.07) is 71.5. The normalized spacial score (nSPS) is 11.6. The quantitative estimate of drug-likeness (QED) is 0.167. The summed E-state index contributed by atoms with van der Waals surface area (Å²) >= 11 is 0. The molecule has 2 heterocycles. The fourth-order valence-electron chi connectivity index (χ4n) is 8.42. The van der Waals surface area contributed by atoms with Crippen LogP contribution in [0.4, 0.5) is 0 Å². The molecular weight excluding hydrogens is 667 g/mol. The lowest BCUT2D eigenvalue weighted by atomic mass is 9.88. The lowest BCUT2D eigenvalue weighted by Gasteiger charge is -2.17. The first kappa shape index (κ1) is 31.2. The highest BCUT2D eigenvalue weighted by Crippen LogP contribution is 2.43. The largest absolute Gasteiger partial charge is 0.292 e. The fourth-order valence-corrected chi connectivity index (χ4v) is 8.42. The SMILES string of the molecule is c1ccc(-n2c(-c3ccc(-c4cc(-c5cccc6ccccc56)c5cc(-c6cccc7ccccc67)c6ccccc6c5n4)cc3)nc3ccccc32)cc1. The maximum Gasteiger partial charge on any atom is 0.145 e. The second-order valence-electron chi connectivity index (χ2n) is 14.1. The maximum absolute atomic E-state index is 5.52. The Hall–Kier alpha value is -7.36. The number of imidazole rings is 1. The van der Waals surface area contributed by atoms with E-state index in [-0.39, 0.29) is 0 Å². The van der Waals surface area contributed by atoms with Gasteiger partial charge in [-0.2, -0.15) is 0 Å². The van der Waals surface area contributed by atoms with Crippen molar-refractivity contribution in [2.24, 2.45) is 0 Å². The van der Waals surface area contributed by atoms with Crippen LogP contribution in [0.2, 0.25) is 0 Å². The van der Waals surface area contributed by atoms with Crippen molar-refractivity contribution in [2.75, 3.05) is 0 Å². The highest BCUT2D eigenvalue weighted by atomic mass is 15.1. The molecule has 2 aromatic heterocycles. The predicted octanol–water partition coefficient (Wildman–Crippen LogP) is 13.7. The van der Waals surface area contributed by atoms with Gasteiger partial charge in [-0.05, 0) is 85.6 Å². The predicted molar refractivity (Wildman–Crippen MR) is 231 cm³/mol. The van der Waals surface area contributed by atoms with Gasteiger partial charge in [0.2, 0.25) is 0 Å². The Morgan fingerprint density at radius 3 is 1.60 bits per heavy atom. The first-order valence-electron chi connectivity index (χ1n) is 18.7. The van der Waals surface area contributed by atoms with E-state index in [1.807, 2.05) is 12.1 Å². The summed E-state index contributed by atoms with van der Waals surface area (Å²) in [5.41, 5.74) is 12.0. The minimum Gasteiger partial charge on any atom is -0.292 e. The number of benzene rings is 9. The topological polar surface area (TPSA) is 30.7 Å². The number of hydrogen-bond donors (Lipinski definition) is 0. The molecule has 0 aliphatic heterocycles. The monoisotopic (exact) mass is 699 g/mol. The summed E-state index contributed by atoms with van der Waals surface area (Å²) < 4.78 is 2.25. The molecule has 0 spiro atoms. The van der Waals surface area contributed by atoms with E-state index in [0.29, 0.717) is 0 Å². The van der Waals surface area contributed by atoms with Gasteiger partial charge in [-0.15, -0.1) is 0 Å². The Bertz CT molecular complexity index is 3240. The Morgan fingerprint density at radius 1 is 0.345 bits per heavy atom. The van der Waals surface area contributed by atoms with Crippen molar-refractivity contribution in [3.05, 3.63) is 200 Å². The number of nitrogens with zero attached hydrogens (tertiary/aromatic N) is 3. The smallest absolute Gasteiger partial charge is 0.145 e. The minimum absolute atomic E-state index is 0.911. The summed E-state index contributed by atoms with van der Waals surface area (Å²) in [5, 5.41) is 8.37.